The zero-order chi connectivity index (χ0) is 39.3. The molecule has 9 aromatic rings. The smallest absolute Gasteiger partial charge is 0.135 e. The van der Waals surface area contributed by atoms with Crippen LogP contribution in [0.4, 0.5) is 0 Å². The first-order valence-electron chi connectivity index (χ1n) is 20.0. The number of benzene rings is 8. The van der Waals surface area contributed by atoms with Gasteiger partial charge in [-0.1, -0.05) is 145 Å². The Morgan fingerprint density at radius 3 is 1.71 bits per heavy atom. The molecule has 0 aliphatic heterocycles. The first kappa shape index (κ1) is 16.8. The fourth-order valence-electron chi connectivity index (χ4n) is 6.31. The molecule has 1 heterocycles. The summed E-state index contributed by atoms with van der Waals surface area (Å²) in [5, 5.41) is 3.14. The summed E-state index contributed by atoms with van der Waals surface area (Å²) in [6.45, 7) is 0. The van der Waals surface area contributed by atoms with Crippen molar-refractivity contribution in [1.29, 1.82) is 0 Å². The Morgan fingerprint density at radius 2 is 0.956 bits per heavy atom. The van der Waals surface area contributed by atoms with E-state index in [4.69, 9.17) is 16.8 Å². The minimum Gasteiger partial charge on any atom is -0.456 e. The molecule has 1 heteroatoms. The van der Waals surface area contributed by atoms with Crippen LogP contribution < -0.4 is 0 Å². The lowest BCUT2D eigenvalue weighted by Crippen LogP contribution is -1.92. The maximum absolute atomic E-state index is 9.35. The molecule has 8 aromatic carbocycles. The second kappa shape index (κ2) is 10.4. The number of hydrogen-bond acceptors (Lipinski definition) is 1. The van der Waals surface area contributed by atoms with Crippen molar-refractivity contribution in [2.45, 2.75) is 0 Å². The molecule has 0 amide bonds. The second-order valence-electron chi connectivity index (χ2n) is 10.8. The van der Waals surface area contributed by atoms with E-state index in [1.165, 1.54) is 0 Å². The van der Waals surface area contributed by atoms with Gasteiger partial charge in [0.2, 0.25) is 0 Å². The van der Waals surface area contributed by atoms with Crippen LogP contribution in [0.2, 0.25) is 0 Å². The van der Waals surface area contributed by atoms with Gasteiger partial charge in [0.25, 0.3) is 0 Å². The largest absolute Gasteiger partial charge is 0.456 e. The van der Waals surface area contributed by atoms with Gasteiger partial charge in [0.05, 0.1) is 15.1 Å². The highest BCUT2D eigenvalue weighted by molar-refractivity contribution is 6.22. The first-order chi connectivity index (χ1) is 26.9. The van der Waals surface area contributed by atoms with Crippen molar-refractivity contribution >= 4 is 43.5 Å². The van der Waals surface area contributed by atoms with Crippen LogP contribution in [0.3, 0.4) is 0 Å². The van der Waals surface area contributed by atoms with Crippen LogP contribution >= 0.6 is 0 Å². The summed E-state index contributed by atoms with van der Waals surface area (Å²) in [6, 6.07) is 28.4. The predicted octanol–water partition coefficient (Wildman–Crippen LogP) is 12.6. The van der Waals surface area contributed by atoms with Crippen molar-refractivity contribution in [2.75, 3.05) is 0 Å². The molecule has 0 atom stereocenters. The van der Waals surface area contributed by atoms with Crippen LogP contribution in [-0.2, 0) is 0 Å². The molecule has 0 saturated carbocycles. The Kier molecular flexibility index (Phi) is 3.87. The van der Waals surface area contributed by atoms with Crippen LogP contribution in [0.25, 0.3) is 88.0 Å². The summed E-state index contributed by atoms with van der Waals surface area (Å²) in [5.74, 6) is 0. The lowest BCUT2D eigenvalue weighted by atomic mass is 9.83. The molecule has 0 unspecified atom stereocenters. The molecule has 0 spiro atoms. The van der Waals surface area contributed by atoms with Crippen LogP contribution in [0.15, 0.2) is 174 Å². The average molecular weight is 584 g/mol. The van der Waals surface area contributed by atoms with E-state index in [9.17, 15) is 2.74 Å². The van der Waals surface area contributed by atoms with Crippen molar-refractivity contribution < 1.29 is 19.5 Å². The van der Waals surface area contributed by atoms with E-state index in [0.717, 1.165) is 32.7 Å². The van der Waals surface area contributed by atoms with Crippen molar-refractivity contribution in [3.8, 4) is 44.5 Å². The van der Waals surface area contributed by atoms with Gasteiger partial charge in [0.15, 0.2) is 0 Å². The predicted molar refractivity (Wildman–Crippen MR) is 190 cm³/mol. The van der Waals surface area contributed by atoms with Crippen LogP contribution in [0.1, 0.15) is 15.1 Å². The number of fused-ring (bicyclic) bond motifs is 5. The van der Waals surface area contributed by atoms with Crippen molar-refractivity contribution in [2.24, 2.45) is 0 Å². The molecule has 0 radical (unpaired) electrons. The first-order valence-corrected chi connectivity index (χ1v) is 14.5. The maximum atomic E-state index is 9.35. The van der Waals surface area contributed by atoms with Gasteiger partial charge in [-0.3, -0.25) is 0 Å². The lowest BCUT2D eigenvalue weighted by molar-refractivity contribution is 0.669. The molecule has 0 saturated heterocycles. The van der Waals surface area contributed by atoms with Crippen LogP contribution in [-0.4, -0.2) is 0 Å². The number of furan rings is 1. The molecular weight excluding hydrogens is 544 g/mol. The van der Waals surface area contributed by atoms with Crippen molar-refractivity contribution in [3.63, 3.8) is 0 Å². The minimum atomic E-state index is -0.493. The molecule has 45 heavy (non-hydrogen) atoms. The van der Waals surface area contributed by atoms with E-state index in [1.54, 1.807) is 12.1 Å². The number of rotatable bonds is 4. The average Bonchev–Trinajstić information content (AvgIpc) is 3.63. The van der Waals surface area contributed by atoms with E-state index in [-0.39, 0.29) is 75.8 Å². The zero-order valence-corrected chi connectivity index (χ0v) is 23.7. The topological polar surface area (TPSA) is 13.1 Å². The Bertz CT molecular complexity index is 3100. The maximum Gasteiger partial charge on any atom is 0.135 e. The number of para-hydroxylation sites is 1. The fraction of sp³-hybridized carbons (Fsp3) is 0. The Hall–Kier alpha value is -5.92. The molecule has 1 aromatic heterocycles. The highest BCUT2D eigenvalue weighted by atomic mass is 16.3. The number of hydrogen-bond donors (Lipinski definition) is 0. The van der Waals surface area contributed by atoms with Crippen LogP contribution in [0.5, 0.6) is 0 Å². The van der Waals surface area contributed by atoms with Crippen molar-refractivity contribution in [1.82, 2.24) is 0 Å². The van der Waals surface area contributed by atoms with Gasteiger partial charge in [0, 0.05) is 10.8 Å². The summed E-state index contributed by atoms with van der Waals surface area (Å²) in [7, 11) is 0. The van der Waals surface area contributed by atoms with Gasteiger partial charge in [0.1, 0.15) is 11.2 Å². The molecule has 0 N–H and O–H groups in total. The summed E-state index contributed by atoms with van der Waals surface area (Å²) < 4.78 is 102. The van der Waals surface area contributed by atoms with E-state index >= 15 is 0 Å². The molecule has 210 valence electrons. The molecule has 1 nitrogen and oxygen atoms in total. The third-order valence-electron chi connectivity index (χ3n) is 8.26. The van der Waals surface area contributed by atoms with Gasteiger partial charge in [-0.2, -0.15) is 0 Å². The molecular formula is C44H28O. The van der Waals surface area contributed by atoms with Gasteiger partial charge in [-0.05, 0) is 90.2 Å². The molecule has 0 bridgehead atoms. The molecule has 0 aliphatic carbocycles. The second-order valence-corrected chi connectivity index (χ2v) is 10.8. The fourth-order valence-corrected chi connectivity index (χ4v) is 6.31. The third kappa shape index (κ3) is 4.17. The summed E-state index contributed by atoms with van der Waals surface area (Å²) in [6.07, 6.45) is 0. The van der Waals surface area contributed by atoms with Gasteiger partial charge in [-0.15, -0.1) is 0 Å². The van der Waals surface area contributed by atoms with E-state index in [1.807, 2.05) is 91.0 Å². The highest BCUT2D eigenvalue weighted by Gasteiger charge is 2.19. The Labute approximate surface area is 277 Å². The summed E-state index contributed by atoms with van der Waals surface area (Å²) in [4.78, 5) is 0. The van der Waals surface area contributed by atoms with Gasteiger partial charge in [-0.25, -0.2) is 0 Å². The minimum absolute atomic E-state index is 0.0109. The van der Waals surface area contributed by atoms with E-state index < -0.39 is 18.1 Å². The monoisotopic (exact) mass is 583 g/mol. The summed E-state index contributed by atoms with van der Waals surface area (Å²) in [5.41, 5.74) is 3.87. The standard InChI is InChI=1S/C44H28O/c1-2-13-29(14-3-1)33-17-4-5-19-35(33)44-38-22-8-6-20-36(38)43(37-21-7-9-23-39(37)44)32-16-12-15-30(27-32)31-25-26-42-40(28-31)34-18-10-11-24-41(34)45-42/h1-28H/i4D,5D,10D,11D,17D,18D,19D,24D,25D,26D,28D. The highest BCUT2D eigenvalue weighted by Crippen LogP contribution is 2.46. The Balaban J connectivity index is 1.35. The van der Waals surface area contributed by atoms with Crippen LogP contribution in [0, 0.1) is 0 Å². The zero-order valence-electron chi connectivity index (χ0n) is 34.7. The normalized spacial score (nSPS) is 15.0. The quantitative estimate of drug-likeness (QED) is 0.188. The molecule has 0 aliphatic rings. The van der Waals surface area contributed by atoms with E-state index in [2.05, 4.69) is 0 Å². The van der Waals surface area contributed by atoms with Gasteiger partial charge < -0.3 is 4.42 Å². The summed E-state index contributed by atoms with van der Waals surface area (Å²) >= 11 is 0. The molecule has 9 rings (SSSR count). The lowest BCUT2D eigenvalue weighted by Gasteiger charge is -2.20. The SMILES string of the molecule is [2H]c1c([2H])c([2H])c(-c2c3ccccc3c(-c3cccc(-c4c([2H])c([2H])c5oc6c([2H])c([2H])c([2H])c([2H])c6c5c4[2H])c3)c3ccccc23)c(-c2ccccc2)c1[2H]. The molecule has 0 fully saturated rings. The van der Waals surface area contributed by atoms with E-state index in [0.29, 0.717) is 27.8 Å². The van der Waals surface area contributed by atoms with Crippen molar-refractivity contribution in [3.05, 3.63) is 170 Å². The third-order valence-corrected chi connectivity index (χ3v) is 8.26. The van der Waals surface area contributed by atoms with Gasteiger partial charge >= 0.3 is 0 Å². The Morgan fingerprint density at radius 1 is 0.378 bits per heavy atom.